The van der Waals surface area contributed by atoms with Gasteiger partial charge in [0.25, 0.3) is 0 Å². The lowest BCUT2D eigenvalue weighted by Crippen LogP contribution is -2.49. The Balaban J connectivity index is 2.35. The average molecular weight is 252 g/mol. The van der Waals surface area contributed by atoms with Crippen molar-refractivity contribution in [2.75, 3.05) is 27.2 Å². The van der Waals surface area contributed by atoms with Gasteiger partial charge in [0.1, 0.15) is 0 Å². The molecule has 5 heteroatoms. The predicted octanol–water partition coefficient (Wildman–Crippen LogP) is 1.41. The van der Waals surface area contributed by atoms with Gasteiger partial charge in [-0.05, 0) is 19.3 Å². The van der Waals surface area contributed by atoms with Gasteiger partial charge in [0.2, 0.25) is 0 Å². The SMILES string of the molecule is CCC(CC#N)NC1CCN(C(=O)N(C)C)CC1. The molecule has 0 aromatic rings. The number of nitrogens with zero attached hydrogens (tertiary/aromatic N) is 3. The Morgan fingerprint density at radius 2 is 2.11 bits per heavy atom. The van der Waals surface area contributed by atoms with Crippen molar-refractivity contribution in [3.05, 3.63) is 0 Å². The molecular weight excluding hydrogens is 228 g/mol. The maximum absolute atomic E-state index is 11.8. The molecule has 18 heavy (non-hydrogen) atoms. The quantitative estimate of drug-likeness (QED) is 0.823. The average Bonchev–Trinajstić information content (AvgIpc) is 2.38. The Bertz CT molecular complexity index is 303. The number of amides is 2. The van der Waals surface area contributed by atoms with Gasteiger partial charge in [0.05, 0.1) is 12.5 Å². The third-order valence-corrected chi connectivity index (χ3v) is 3.45. The maximum atomic E-state index is 11.8. The van der Waals surface area contributed by atoms with Gasteiger partial charge in [0.15, 0.2) is 0 Å². The minimum Gasteiger partial charge on any atom is -0.331 e. The van der Waals surface area contributed by atoms with E-state index in [1.165, 1.54) is 0 Å². The first-order chi connectivity index (χ1) is 8.58. The Labute approximate surface area is 110 Å². The summed E-state index contributed by atoms with van der Waals surface area (Å²) in [4.78, 5) is 15.3. The lowest BCUT2D eigenvalue weighted by atomic mass is 10.0. The van der Waals surface area contributed by atoms with Crippen molar-refractivity contribution in [3.63, 3.8) is 0 Å². The summed E-state index contributed by atoms with van der Waals surface area (Å²) in [7, 11) is 3.57. The fraction of sp³-hybridized carbons (Fsp3) is 0.846. The highest BCUT2D eigenvalue weighted by Gasteiger charge is 2.24. The molecular formula is C13H24N4O. The van der Waals surface area contributed by atoms with Crippen LogP contribution in [-0.2, 0) is 0 Å². The second kappa shape index (κ2) is 7.22. The molecule has 0 spiro atoms. The number of hydrogen-bond acceptors (Lipinski definition) is 3. The van der Waals surface area contributed by atoms with Crippen LogP contribution in [0.2, 0.25) is 0 Å². The number of carbonyl (C=O) groups is 1. The molecule has 0 aliphatic carbocycles. The number of piperidine rings is 1. The first-order valence-corrected chi connectivity index (χ1v) is 6.67. The lowest BCUT2D eigenvalue weighted by molar-refractivity contribution is 0.150. The molecule has 0 aromatic heterocycles. The van der Waals surface area contributed by atoms with E-state index in [0.717, 1.165) is 32.4 Å². The van der Waals surface area contributed by atoms with Gasteiger partial charge in [-0.15, -0.1) is 0 Å². The van der Waals surface area contributed by atoms with Crippen molar-refractivity contribution in [2.45, 2.75) is 44.7 Å². The third-order valence-electron chi connectivity index (χ3n) is 3.45. The molecule has 1 atom stereocenters. The van der Waals surface area contributed by atoms with E-state index >= 15 is 0 Å². The summed E-state index contributed by atoms with van der Waals surface area (Å²) in [5.41, 5.74) is 0. The number of nitriles is 1. The van der Waals surface area contributed by atoms with E-state index in [2.05, 4.69) is 18.3 Å². The van der Waals surface area contributed by atoms with E-state index in [1.54, 1.807) is 19.0 Å². The van der Waals surface area contributed by atoms with Crippen LogP contribution in [-0.4, -0.2) is 55.1 Å². The monoisotopic (exact) mass is 252 g/mol. The largest absolute Gasteiger partial charge is 0.331 e. The van der Waals surface area contributed by atoms with Gasteiger partial charge in [-0.1, -0.05) is 6.92 Å². The first kappa shape index (κ1) is 14.8. The predicted molar refractivity (Wildman–Crippen MR) is 71.1 cm³/mol. The van der Waals surface area contributed by atoms with Crippen molar-refractivity contribution < 1.29 is 4.79 Å². The van der Waals surface area contributed by atoms with Crippen LogP contribution in [0, 0.1) is 11.3 Å². The van der Waals surface area contributed by atoms with E-state index in [1.807, 2.05) is 4.90 Å². The molecule has 2 amide bonds. The molecule has 1 aliphatic rings. The second-order valence-corrected chi connectivity index (χ2v) is 5.07. The van der Waals surface area contributed by atoms with Crippen molar-refractivity contribution in [2.24, 2.45) is 0 Å². The van der Waals surface area contributed by atoms with Gasteiger partial charge in [-0.2, -0.15) is 5.26 Å². The van der Waals surface area contributed by atoms with Crippen LogP contribution in [0.15, 0.2) is 0 Å². The second-order valence-electron chi connectivity index (χ2n) is 5.07. The number of hydrogen-bond donors (Lipinski definition) is 1. The van der Waals surface area contributed by atoms with Crippen molar-refractivity contribution in [3.8, 4) is 6.07 Å². The van der Waals surface area contributed by atoms with Crippen LogP contribution < -0.4 is 5.32 Å². The Morgan fingerprint density at radius 3 is 2.56 bits per heavy atom. The summed E-state index contributed by atoms with van der Waals surface area (Å²) in [6.07, 6.45) is 3.49. The summed E-state index contributed by atoms with van der Waals surface area (Å²) >= 11 is 0. The minimum absolute atomic E-state index is 0.0949. The molecule has 5 nitrogen and oxygen atoms in total. The number of carbonyl (C=O) groups excluding carboxylic acids is 1. The van der Waals surface area contributed by atoms with E-state index in [-0.39, 0.29) is 12.1 Å². The fourth-order valence-corrected chi connectivity index (χ4v) is 2.28. The van der Waals surface area contributed by atoms with Crippen molar-refractivity contribution >= 4 is 6.03 Å². The number of likely N-dealkylation sites (tertiary alicyclic amines) is 1. The summed E-state index contributed by atoms with van der Waals surface area (Å²) in [6.45, 7) is 3.70. The van der Waals surface area contributed by atoms with Crippen LogP contribution in [0.4, 0.5) is 4.79 Å². The topological polar surface area (TPSA) is 59.4 Å². The molecule has 0 radical (unpaired) electrons. The van der Waals surface area contributed by atoms with Crippen LogP contribution in [0.5, 0.6) is 0 Å². The molecule has 1 unspecified atom stereocenters. The Morgan fingerprint density at radius 1 is 1.50 bits per heavy atom. The third kappa shape index (κ3) is 4.19. The van der Waals surface area contributed by atoms with E-state index in [9.17, 15) is 4.79 Å². The molecule has 1 aliphatic heterocycles. The van der Waals surface area contributed by atoms with Gasteiger partial charge >= 0.3 is 6.03 Å². The smallest absolute Gasteiger partial charge is 0.319 e. The molecule has 0 aromatic carbocycles. The molecule has 1 heterocycles. The van der Waals surface area contributed by atoms with E-state index in [0.29, 0.717) is 12.5 Å². The lowest BCUT2D eigenvalue weighted by Gasteiger charge is -2.35. The highest BCUT2D eigenvalue weighted by Crippen LogP contribution is 2.13. The molecule has 0 saturated carbocycles. The molecule has 1 saturated heterocycles. The highest BCUT2D eigenvalue weighted by atomic mass is 16.2. The maximum Gasteiger partial charge on any atom is 0.319 e. The van der Waals surface area contributed by atoms with Gasteiger partial charge < -0.3 is 15.1 Å². The fourth-order valence-electron chi connectivity index (χ4n) is 2.28. The van der Waals surface area contributed by atoms with Crippen molar-refractivity contribution in [1.82, 2.24) is 15.1 Å². The van der Waals surface area contributed by atoms with Gasteiger partial charge in [-0.25, -0.2) is 4.79 Å². The van der Waals surface area contributed by atoms with E-state index < -0.39 is 0 Å². The molecule has 1 fully saturated rings. The number of nitrogens with one attached hydrogen (secondary N) is 1. The minimum atomic E-state index is 0.0949. The zero-order valence-corrected chi connectivity index (χ0v) is 11.6. The van der Waals surface area contributed by atoms with E-state index in [4.69, 9.17) is 5.26 Å². The van der Waals surface area contributed by atoms with Crippen LogP contribution in [0.1, 0.15) is 32.6 Å². The van der Waals surface area contributed by atoms with Crippen LogP contribution in [0.3, 0.4) is 0 Å². The summed E-state index contributed by atoms with van der Waals surface area (Å²) < 4.78 is 0. The summed E-state index contributed by atoms with van der Waals surface area (Å²) in [5.74, 6) is 0. The van der Waals surface area contributed by atoms with Gasteiger partial charge in [0, 0.05) is 39.3 Å². The van der Waals surface area contributed by atoms with Gasteiger partial charge in [-0.3, -0.25) is 0 Å². The molecule has 0 bridgehead atoms. The molecule has 1 N–H and O–H groups in total. The van der Waals surface area contributed by atoms with Crippen molar-refractivity contribution in [1.29, 1.82) is 5.26 Å². The van der Waals surface area contributed by atoms with Crippen LogP contribution >= 0.6 is 0 Å². The molecule has 102 valence electrons. The Kier molecular flexibility index (Phi) is 5.93. The standard InChI is InChI=1S/C13H24N4O/c1-4-11(5-8-14)15-12-6-9-17(10-7-12)13(18)16(2)3/h11-12,15H,4-7,9-10H2,1-3H3. The molecule has 1 rings (SSSR count). The number of urea groups is 1. The van der Waals surface area contributed by atoms with Crippen LogP contribution in [0.25, 0.3) is 0 Å². The number of rotatable bonds is 4. The Hall–Kier alpha value is -1.28. The zero-order chi connectivity index (χ0) is 13.5. The highest BCUT2D eigenvalue weighted by molar-refractivity contribution is 5.73. The zero-order valence-electron chi connectivity index (χ0n) is 11.6. The summed E-state index contributed by atoms with van der Waals surface area (Å²) in [5, 5.41) is 12.2. The normalized spacial score (nSPS) is 18.2. The first-order valence-electron chi connectivity index (χ1n) is 6.67. The summed E-state index contributed by atoms with van der Waals surface area (Å²) in [6, 6.07) is 3.04.